The van der Waals surface area contributed by atoms with Crippen molar-refractivity contribution >= 4 is 44.1 Å². The van der Waals surface area contributed by atoms with Crippen molar-refractivity contribution in [1.82, 2.24) is 14.5 Å². The molecule has 5 heteroatoms. The minimum Gasteiger partial charge on any atom is -0.452 e. The summed E-state index contributed by atoms with van der Waals surface area (Å²) in [4.78, 5) is 10.4. The van der Waals surface area contributed by atoms with E-state index in [1.807, 2.05) is 36.5 Å². The molecule has 10 aromatic rings. The molecular weight excluding hydrogens is 699 g/mol. The van der Waals surface area contributed by atoms with E-state index < -0.39 is 0 Å². The summed E-state index contributed by atoms with van der Waals surface area (Å²) in [5, 5.41) is 3.32. The maximum Gasteiger partial charge on any atom is 0.181 e. The van der Waals surface area contributed by atoms with Gasteiger partial charge >= 0.3 is 0 Å². The molecule has 0 radical (unpaired) electrons. The molecule has 10 rings (SSSR count). The molecule has 0 aliphatic rings. The number of pyridine rings is 2. The van der Waals surface area contributed by atoms with E-state index in [0.29, 0.717) is 0 Å². The van der Waals surface area contributed by atoms with Crippen molar-refractivity contribution in [1.29, 1.82) is 0 Å². The molecule has 0 saturated heterocycles. The fourth-order valence-electron chi connectivity index (χ4n) is 7.97. The minimum absolute atomic E-state index is 0.0236. The predicted molar refractivity (Wildman–Crippen MR) is 235 cm³/mol. The van der Waals surface area contributed by atoms with Crippen LogP contribution in [0.5, 0.6) is 0 Å². The van der Waals surface area contributed by atoms with Crippen molar-refractivity contribution in [3.8, 4) is 50.7 Å². The molecule has 0 fully saturated rings. The van der Waals surface area contributed by atoms with Crippen LogP contribution in [0.4, 0.5) is 0 Å². The number of fused-ring (bicyclic) bond motifs is 6. The maximum absolute atomic E-state index is 6.29. The summed E-state index contributed by atoms with van der Waals surface area (Å²) >= 11 is 0. The van der Waals surface area contributed by atoms with E-state index in [-0.39, 0.29) is 10.8 Å². The Morgan fingerprint density at radius 1 is 0.474 bits per heavy atom. The average Bonchev–Trinajstić information content (AvgIpc) is 3.90. The van der Waals surface area contributed by atoms with Crippen molar-refractivity contribution in [2.45, 2.75) is 52.4 Å². The van der Waals surface area contributed by atoms with E-state index >= 15 is 0 Å². The van der Waals surface area contributed by atoms with Crippen LogP contribution in [0, 0.1) is 0 Å². The molecule has 5 nitrogen and oxygen atoms in total. The summed E-state index contributed by atoms with van der Waals surface area (Å²) in [7, 11) is 0. The molecule has 0 atom stereocenters. The van der Waals surface area contributed by atoms with Crippen molar-refractivity contribution in [2.24, 2.45) is 0 Å². The first-order valence-electron chi connectivity index (χ1n) is 19.6. The van der Waals surface area contributed by atoms with Gasteiger partial charge in [-0.3, -0.25) is 9.55 Å². The molecule has 0 aliphatic heterocycles. The number of aromatic nitrogens is 3. The molecule has 0 aliphatic carbocycles. The lowest BCUT2D eigenvalue weighted by Gasteiger charge is -2.21. The van der Waals surface area contributed by atoms with Gasteiger partial charge in [0.15, 0.2) is 11.2 Å². The van der Waals surface area contributed by atoms with E-state index in [2.05, 4.69) is 161 Å². The molecule has 5 heterocycles. The normalized spacial score (nSPS) is 12.4. The van der Waals surface area contributed by atoms with Crippen LogP contribution in [0.1, 0.15) is 52.7 Å². The summed E-state index contributed by atoms with van der Waals surface area (Å²) in [5.74, 6) is 0.786. The zero-order chi connectivity index (χ0) is 39.1. The van der Waals surface area contributed by atoms with Crippen molar-refractivity contribution in [3.05, 3.63) is 163 Å². The fourth-order valence-corrected chi connectivity index (χ4v) is 7.97. The second-order valence-corrected chi connectivity index (χ2v) is 17.2. The van der Waals surface area contributed by atoms with Crippen LogP contribution >= 0.6 is 0 Å². The van der Waals surface area contributed by atoms with E-state index in [9.17, 15) is 0 Å². The second kappa shape index (κ2) is 12.9. The van der Waals surface area contributed by atoms with Gasteiger partial charge in [0, 0.05) is 45.4 Å². The first kappa shape index (κ1) is 34.7. The van der Waals surface area contributed by atoms with Crippen LogP contribution in [0.25, 0.3) is 94.7 Å². The fraction of sp³-hybridized carbons (Fsp3) is 0.154. The minimum atomic E-state index is -0.0935. The molecule has 278 valence electrons. The van der Waals surface area contributed by atoms with Crippen molar-refractivity contribution in [3.63, 3.8) is 0 Å². The molecule has 57 heavy (non-hydrogen) atoms. The van der Waals surface area contributed by atoms with E-state index in [0.717, 1.165) is 89.3 Å². The monoisotopic (exact) mass is 741 g/mol. The molecule has 0 bridgehead atoms. The van der Waals surface area contributed by atoms with Crippen LogP contribution < -0.4 is 0 Å². The van der Waals surface area contributed by atoms with Crippen LogP contribution in [0.15, 0.2) is 161 Å². The van der Waals surface area contributed by atoms with Gasteiger partial charge in [-0.15, -0.1) is 0 Å². The molecule has 5 aromatic carbocycles. The number of hydrogen-bond donors (Lipinski definition) is 0. The summed E-state index contributed by atoms with van der Waals surface area (Å²) in [6.07, 6.45) is 1.91. The Kier molecular flexibility index (Phi) is 7.88. The smallest absolute Gasteiger partial charge is 0.181 e. The first-order chi connectivity index (χ1) is 27.5. The molecular formula is C52H43N3O2. The SMILES string of the molecule is CC(C)(C)c1cc(-c2cc(-c3ccc(-c4cc5oc6ccccc6c5o4)cc3)ccn2)cc(-c2ccc3c4ccccc4n(-c4cccc(C(C)(C)C)c4)c3n2)c1. The van der Waals surface area contributed by atoms with Crippen LogP contribution in [0.2, 0.25) is 0 Å². The third-order valence-corrected chi connectivity index (χ3v) is 11.2. The molecule has 0 saturated carbocycles. The van der Waals surface area contributed by atoms with Gasteiger partial charge in [-0.2, -0.15) is 0 Å². The molecule has 0 N–H and O–H groups in total. The predicted octanol–water partition coefficient (Wildman–Crippen LogP) is 14.3. The maximum atomic E-state index is 6.29. The van der Waals surface area contributed by atoms with Crippen molar-refractivity contribution in [2.75, 3.05) is 0 Å². The zero-order valence-corrected chi connectivity index (χ0v) is 33.1. The Balaban J connectivity index is 1.04. The zero-order valence-electron chi connectivity index (χ0n) is 33.1. The summed E-state index contributed by atoms with van der Waals surface area (Å²) in [6, 6.07) is 51.4. The van der Waals surface area contributed by atoms with Crippen LogP contribution in [0.3, 0.4) is 0 Å². The van der Waals surface area contributed by atoms with Gasteiger partial charge < -0.3 is 8.83 Å². The molecule has 5 aromatic heterocycles. The third kappa shape index (κ3) is 6.11. The summed E-state index contributed by atoms with van der Waals surface area (Å²) in [5.41, 5.74) is 15.2. The quantitative estimate of drug-likeness (QED) is 0.176. The van der Waals surface area contributed by atoms with Crippen molar-refractivity contribution < 1.29 is 8.83 Å². The Morgan fingerprint density at radius 2 is 1.19 bits per heavy atom. The Hall–Kier alpha value is -6.72. The number of rotatable bonds is 5. The summed E-state index contributed by atoms with van der Waals surface area (Å²) in [6.45, 7) is 13.6. The lowest BCUT2D eigenvalue weighted by Crippen LogP contribution is -2.11. The number of benzene rings is 5. The molecule has 0 unspecified atom stereocenters. The number of nitrogens with zero attached hydrogens (tertiary/aromatic N) is 3. The molecule has 0 amide bonds. The van der Waals surface area contributed by atoms with E-state index in [4.69, 9.17) is 18.8 Å². The Bertz CT molecular complexity index is 3140. The van der Waals surface area contributed by atoms with E-state index in [1.54, 1.807) is 0 Å². The lowest BCUT2D eigenvalue weighted by molar-refractivity contribution is 0.590. The number of para-hydroxylation sites is 2. The highest BCUT2D eigenvalue weighted by atomic mass is 16.4. The first-order valence-corrected chi connectivity index (χ1v) is 19.6. The molecule has 0 spiro atoms. The number of furan rings is 2. The standard InChI is InChI=1S/C52H43N3O2/c1-51(2,3)37-12-11-13-39(30-37)55-45-16-9-7-14-40(45)41-22-23-43(54-50(41)55)35-26-36(28-38(27-35)52(4,5)6)44-29-34(24-25-53-44)32-18-20-33(21-19-32)47-31-48-49(57-47)42-15-8-10-17-46(42)56-48/h7-31H,1-6H3. The van der Waals surface area contributed by atoms with Gasteiger partial charge in [-0.25, -0.2) is 4.98 Å². The van der Waals surface area contributed by atoms with Gasteiger partial charge in [-0.05, 0) is 106 Å². The topological polar surface area (TPSA) is 57.0 Å². The highest BCUT2D eigenvalue weighted by Gasteiger charge is 2.21. The number of hydrogen-bond acceptors (Lipinski definition) is 4. The third-order valence-electron chi connectivity index (χ3n) is 11.2. The highest BCUT2D eigenvalue weighted by molar-refractivity contribution is 6.08. The van der Waals surface area contributed by atoms with Gasteiger partial charge in [0.05, 0.1) is 22.3 Å². The highest BCUT2D eigenvalue weighted by Crippen LogP contribution is 2.39. The largest absolute Gasteiger partial charge is 0.452 e. The average molecular weight is 742 g/mol. The van der Waals surface area contributed by atoms with E-state index in [1.165, 1.54) is 16.5 Å². The van der Waals surface area contributed by atoms with Gasteiger partial charge in [0.1, 0.15) is 17.0 Å². The Morgan fingerprint density at radius 3 is 1.98 bits per heavy atom. The van der Waals surface area contributed by atoms with Gasteiger partial charge in [0.2, 0.25) is 0 Å². The summed E-state index contributed by atoms with van der Waals surface area (Å²) < 4.78 is 14.6. The van der Waals surface area contributed by atoms with Crippen LogP contribution in [-0.4, -0.2) is 14.5 Å². The lowest BCUT2D eigenvalue weighted by atomic mass is 9.84. The van der Waals surface area contributed by atoms with Crippen LogP contribution in [-0.2, 0) is 10.8 Å². The van der Waals surface area contributed by atoms with Gasteiger partial charge in [-0.1, -0.05) is 108 Å². The second-order valence-electron chi connectivity index (χ2n) is 17.2. The Labute approximate surface area is 332 Å². The van der Waals surface area contributed by atoms with Gasteiger partial charge in [0.25, 0.3) is 0 Å².